The van der Waals surface area contributed by atoms with Gasteiger partial charge in [-0.05, 0) is 12.8 Å². The Balaban J connectivity index is 1.90. The summed E-state index contributed by atoms with van der Waals surface area (Å²) in [6, 6.07) is 0.147. The molecule has 13 heavy (non-hydrogen) atoms. The summed E-state index contributed by atoms with van der Waals surface area (Å²) in [5.41, 5.74) is 5.45. The van der Waals surface area contributed by atoms with Crippen LogP contribution >= 0.6 is 0 Å². The molecule has 0 aliphatic heterocycles. The van der Waals surface area contributed by atoms with Crippen molar-refractivity contribution in [2.24, 2.45) is 5.73 Å². The maximum absolute atomic E-state index is 11.4. The van der Waals surface area contributed by atoms with Gasteiger partial charge in [0.2, 0.25) is 0 Å². The first kappa shape index (κ1) is 10.7. The minimum absolute atomic E-state index is 0.0202. The lowest BCUT2D eigenvalue weighted by Crippen LogP contribution is -2.42. The summed E-state index contributed by atoms with van der Waals surface area (Å²) < 4.78 is 42.9. The Morgan fingerprint density at radius 3 is 2.31 bits per heavy atom. The van der Waals surface area contributed by atoms with Crippen molar-refractivity contribution in [2.75, 3.05) is 13.2 Å². The number of rotatable bonds is 4. The van der Waals surface area contributed by atoms with Crippen LogP contribution in [0.5, 0.6) is 0 Å². The molecule has 2 N–H and O–H groups in total. The Kier molecular flexibility index (Phi) is 3.52. The van der Waals surface area contributed by atoms with E-state index in [1.165, 1.54) is 0 Å². The zero-order valence-corrected chi connectivity index (χ0v) is 7.01. The van der Waals surface area contributed by atoms with E-state index in [4.69, 9.17) is 10.5 Å². The van der Waals surface area contributed by atoms with Crippen LogP contribution in [0.4, 0.5) is 13.2 Å². The monoisotopic (exact) mass is 199 g/mol. The molecular formula is C7H12F3NO2. The molecule has 1 rings (SSSR count). The van der Waals surface area contributed by atoms with E-state index in [0.29, 0.717) is 0 Å². The van der Waals surface area contributed by atoms with Gasteiger partial charge in [-0.3, -0.25) is 4.74 Å². The second-order valence-corrected chi connectivity index (χ2v) is 3.02. The molecule has 0 amide bonds. The summed E-state index contributed by atoms with van der Waals surface area (Å²) in [7, 11) is 0. The topological polar surface area (TPSA) is 44.5 Å². The fraction of sp³-hybridized carbons (Fsp3) is 1.00. The normalized spacial score (nSPS) is 28.6. The highest BCUT2D eigenvalue weighted by Crippen LogP contribution is 2.21. The zero-order valence-electron chi connectivity index (χ0n) is 7.01. The number of ether oxygens (including phenoxy) is 2. The molecule has 1 aliphatic carbocycles. The van der Waals surface area contributed by atoms with Crippen molar-refractivity contribution in [2.45, 2.75) is 31.3 Å². The quantitative estimate of drug-likeness (QED) is 0.688. The van der Waals surface area contributed by atoms with Crippen LogP contribution in [0.3, 0.4) is 0 Å². The number of hydrogen-bond acceptors (Lipinski definition) is 3. The van der Waals surface area contributed by atoms with Crippen molar-refractivity contribution in [1.82, 2.24) is 0 Å². The largest absolute Gasteiger partial charge is 0.522 e. The Morgan fingerprint density at radius 2 is 1.85 bits per heavy atom. The second-order valence-electron chi connectivity index (χ2n) is 3.02. The summed E-state index contributed by atoms with van der Waals surface area (Å²) in [5.74, 6) is 0. The summed E-state index contributed by atoms with van der Waals surface area (Å²) in [4.78, 5) is 0. The van der Waals surface area contributed by atoms with Crippen LogP contribution in [0.15, 0.2) is 0 Å². The van der Waals surface area contributed by atoms with Crippen molar-refractivity contribution in [1.29, 1.82) is 0 Å². The lowest BCUT2D eigenvalue weighted by atomic mass is 9.90. The number of alkyl halides is 3. The van der Waals surface area contributed by atoms with Crippen LogP contribution in [0.2, 0.25) is 0 Å². The van der Waals surface area contributed by atoms with Gasteiger partial charge in [-0.1, -0.05) is 0 Å². The van der Waals surface area contributed by atoms with E-state index < -0.39 is 13.0 Å². The van der Waals surface area contributed by atoms with Crippen LogP contribution in [-0.2, 0) is 9.47 Å². The van der Waals surface area contributed by atoms with Gasteiger partial charge in [0.25, 0.3) is 0 Å². The van der Waals surface area contributed by atoms with Gasteiger partial charge in [0.15, 0.2) is 0 Å². The first-order chi connectivity index (χ1) is 5.97. The Hall–Kier alpha value is -0.330. The minimum Gasteiger partial charge on any atom is -0.376 e. The summed E-state index contributed by atoms with van der Waals surface area (Å²) in [6.45, 7) is -0.480. The van der Waals surface area contributed by atoms with Gasteiger partial charge in [0.1, 0.15) is 0 Å². The molecular weight excluding hydrogens is 187 g/mol. The van der Waals surface area contributed by atoms with Crippen LogP contribution in [0.25, 0.3) is 0 Å². The fourth-order valence-electron chi connectivity index (χ4n) is 1.11. The summed E-state index contributed by atoms with van der Waals surface area (Å²) >= 11 is 0. The molecule has 0 spiro atoms. The molecule has 1 saturated carbocycles. The standard InChI is InChI=1S/C7H12F3NO2/c8-7(9,10)13-2-1-12-6-3-5(11)4-6/h5-6H,1-4,11H2. The van der Waals surface area contributed by atoms with E-state index in [-0.39, 0.29) is 18.8 Å². The summed E-state index contributed by atoms with van der Waals surface area (Å²) in [5, 5.41) is 0. The van der Waals surface area contributed by atoms with E-state index in [1.807, 2.05) is 0 Å². The molecule has 3 nitrogen and oxygen atoms in total. The van der Waals surface area contributed by atoms with Gasteiger partial charge in [-0.25, -0.2) is 0 Å². The molecule has 1 fully saturated rings. The summed E-state index contributed by atoms with van der Waals surface area (Å²) in [6.07, 6.45) is -3.08. The van der Waals surface area contributed by atoms with E-state index >= 15 is 0 Å². The lowest BCUT2D eigenvalue weighted by Gasteiger charge is -2.32. The first-order valence-corrected chi connectivity index (χ1v) is 4.05. The molecule has 1 aliphatic rings. The number of hydrogen-bond donors (Lipinski definition) is 1. The highest BCUT2D eigenvalue weighted by molar-refractivity contribution is 4.82. The zero-order chi connectivity index (χ0) is 9.90. The van der Waals surface area contributed by atoms with Crippen LogP contribution in [0.1, 0.15) is 12.8 Å². The highest BCUT2D eigenvalue weighted by Gasteiger charge is 2.30. The molecule has 78 valence electrons. The van der Waals surface area contributed by atoms with E-state index in [2.05, 4.69) is 4.74 Å². The van der Waals surface area contributed by atoms with Crippen LogP contribution in [0, 0.1) is 0 Å². The number of halogens is 3. The Labute approximate surface area is 74.0 Å². The first-order valence-electron chi connectivity index (χ1n) is 4.05. The Morgan fingerprint density at radius 1 is 1.23 bits per heavy atom. The fourth-order valence-corrected chi connectivity index (χ4v) is 1.11. The molecule has 0 aromatic heterocycles. The van der Waals surface area contributed by atoms with Crippen LogP contribution < -0.4 is 5.73 Å². The third-order valence-electron chi connectivity index (χ3n) is 1.83. The third-order valence-corrected chi connectivity index (χ3v) is 1.83. The van der Waals surface area contributed by atoms with Gasteiger partial charge in [0, 0.05) is 6.04 Å². The maximum atomic E-state index is 11.4. The maximum Gasteiger partial charge on any atom is 0.522 e. The smallest absolute Gasteiger partial charge is 0.376 e. The van der Waals surface area contributed by atoms with Crippen molar-refractivity contribution in [3.63, 3.8) is 0 Å². The molecule has 0 heterocycles. The van der Waals surface area contributed by atoms with Crippen molar-refractivity contribution in [3.05, 3.63) is 0 Å². The van der Waals surface area contributed by atoms with Gasteiger partial charge < -0.3 is 10.5 Å². The minimum atomic E-state index is -4.56. The van der Waals surface area contributed by atoms with Crippen molar-refractivity contribution < 1.29 is 22.6 Å². The van der Waals surface area contributed by atoms with Crippen LogP contribution in [-0.4, -0.2) is 31.7 Å². The average molecular weight is 199 g/mol. The predicted octanol–water partition coefficient (Wildman–Crippen LogP) is 1.03. The molecule has 0 unspecified atom stereocenters. The lowest BCUT2D eigenvalue weighted by molar-refractivity contribution is -0.328. The molecule has 0 saturated heterocycles. The predicted molar refractivity (Wildman–Crippen MR) is 39.0 cm³/mol. The van der Waals surface area contributed by atoms with Gasteiger partial charge in [0.05, 0.1) is 19.3 Å². The highest BCUT2D eigenvalue weighted by atomic mass is 19.4. The molecule has 0 aromatic rings. The van der Waals surface area contributed by atoms with Gasteiger partial charge in [-0.2, -0.15) is 0 Å². The molecule has 0 bridgehead atoms. The number of nitrogens with two attached hydrogens (primary N) is 1. The van der Waals surface area contributed by atoms with Crippen molar-refractivity contribution in [3.8, 4) is 0 Å². The molecule has 6 heteroatoms. The van der Waals surface area contributed by atoms with E-state index in [0.717, 1.165) is 12.8 Å². The third kappa shape index (κ3) is 4.44. The van der Waals surface area contributed by atoms with Gasteiger partial charge >= 0.3 is 6.36 Å². The van der Waals surface area contributed by atoms with E-state index in [9.17, 15) is 13.2 Å². The SMILES string of the molecule is NC1CC(OCCOC(F)(F)F)C1. The second kappa shape index (κ2) is 4.26. The average Bonchev–Trinajstić information content (AvgIpc) is 1.91. The Bertz CT molecular complexity index is 156. The molecule has 0 radical (unpaired) electrons. The molecule has 0 atom stereocenters. The molecule has 0 aromatic carbocycles. The van der Waals surface area contributed by atoms with E-state index in [1.54, 1.807) is 0 Å². The van der Waals surface area contributed by atoms with Crippen molar-refractivity contribution >= 4 is 0 Å². The van der Waals surface area contributed by atoms with Gasteiger partial charge in [-0.15, -0.1) is 13.2 Å².